The van der Waals surface area contributed by atoms with E-state index in [-0.39, 0.29) is 12.0 Å². The summed E-state index contributed by atoms with van der Waals surface area (Å²) in [4.78, 5) is 33.7. The standard InChI is InChI=1S/C24H34N6O/c1-17(2)29-14-9-19(10-15-29)23(31)30-13-5-6-21(30)22-20(18-7-11-25-12-8-18)16-26-24(27-22)28(3)4/h7-8,11-12,16-17,19,21H,5-6,9-10,13-15H2,1-4H3. The molecule has 7 heteroatoms. The van der Waals surface area contributed by atoms with Gasteiger partial charge in [0.05, 0.1) is 11.7 Å². The van der Waals surface area contributed by atoms with E-state index in [2.05, 4.69) is 33.6 Å². The van der Waals surface area contributed by atoms with Crippen molar-refractivity contribution in [2.45, 2.75) is 51.6 Å². The number of likely N-dealkylation sites (tertiary alicyclic amines) is 2. The minimum Gasteiger partial charge on any atom is -0.347 e. The number of pyridine rings is 1. The van der Waals surface area contributed by atoms with Crippen LogP contribution in [0.1, 0.15) is 51.3 Å². The van der Waals surface area contributed by atoms with E-state index in [0.717, 1.165) is 62.1 Å². The number of carbonyl (C=O) groups excluding carboxylic acids is 1. The molecule has 7 nitrogen and oxygen atoms in total. The molecule has 0 aromatic carbocycles. The molecule has 2 aliphatic heterocycles. The molecule has 2 aromatic heterocycles. The van der Waals surface area contributed by atoms with E-state index in [1.807, 2.05) is 37.3 Å². The molecule has 4 heterocycles. The van der Waals surface area contributed by atoms with Crippen LogP contribution in [0.2, 0.25) is 0 Å². The largest absolute Gasteiger partial charge is 0.347 e. The zero-order valence-electron chi connectivity index (χ0n) is 19.2. The molecule has 1 amide bonds. The van der Waals surface area contributed by atoms with Crippen molar-refractivity contribution < 1.29 is 4.79 Å². The Morgan fingerprint density at radius 3 is 2.45 bits per heavy atom. The summed E-state index contributed by atoms with van der Waals surface area (Å²) in [6, 6.07) is 4.52. The summed E-state index contributed by atoms with van der Waals surface area (Å²) in [6.07, 6.45) is 9.33. The Labute approximate surface area is 185 Å². The van der Waals surface area contributed by atoms with Gasteiger partial charge in [-0.1, -0.05) is 0 Å². The summed E-state index contributed by atoms with van der Waals surface area (Å²) in [5.74, 6) is 1.10. The van der Waals surface area contributed by atoms with Crippen LogP contribution < -0.4 is 4.90 Å². The summed E-state index contributed by atoms with van der Waals surface area (Å²) < 4.78 is 0. The van der Waals surface area contributed by atoms with Crippen LogP contribution in [0.4, 0.5) is 5.95 Å². The Kier molecular flexibility index (Phi) is 6.51. The van der Waals surface area contributed by atoms with Gasteiger partial charge in [-0.25, -0.2) is 9.97 Å². The number of rotatable bonds is 5. The second-order valence-corrected chi connectivity index (χ2v) is 9.19. The second kappa shape index (κ2) is 9.30. The van der Waals surface area contributed by atoms with Crippen LogP contribution in [0.25, 0.3) is 11.1 Å². The Morgan fingerprint density at radius 1 is 1.10 bits per heavy atom. The summed E-state index contributed by atoms with van der Waals surface area (Å²) >= 11 is 0. The van der Waals surface area contributed by atoms with Gasteiger partial charge in [0.2, 0.25) is 11.9 Å². The lowest BCUT2D eigenvalue weighted by atomic mass is 9.93. The molecule has 0 spiro atoms. The minimum atomic E-state index is 0.000457. The van der Waals surface area contributed by atoms with Gasteiger partial charge in [0, 0.05) is 56.8 Å². The molecule has 4 rings (SSSR count). The molecule has 0 saturated carbocycles. The first-order chi connectivity index (χ1) is 15.0. The first-order valence-corrected chi connectivity index (χ1v) is 11.4. The third kappa shape index (κ3) is 4.56. The minimum absolute atomic E-state index is 0.000457. The van der Waals surface area contributed by atoms with Crippen molar-refractivity contribution in [3.63, 3.8) is 0 Å². The monoisotopic (exact) mass is 422 g/mol. The van der Waals surface area contributed by atoms with Gasteiger partial charge in [-0.3, -0.25) is 9.78 Å². The van der Waals surface area contributed by atoms with E-state index in [9.17, 15) is 4.79 Å². The fourth-order valence-electron chi connectivity index (χ4n) is 4.82. The van der Waals surface area contributed by atoms with Crippen LogP contribution in [-0.4, -0.2) is 70.4 Å². The van der Waals surface area contributed by atoms with E-state index in [1.54, 1.807) is 12.4 Å². The smallest absolute Gasteiger partial charge is 0.226 e. The van der Waals surface area contributed by atoms with E-state index in [1.165, 1.54) is 0 Å². The van der Waals surface area contributed by atoms with Gasteiger partial charge in [0.15, 0.2) is 0 Å². The van der Waals surface area contributed by atoms with Gasteiger partial charge in [0.25, 0.3) is 0 Å². The van der Waals surface area contributed by atoms with Crippen LogP contribution in [0.15, 0.2) is 30.7 Å². The lowest BCUT2D eigenvalue weighted by Gasteiger charge is -2.36. The molecule has 0 radical (unpaired) electrons. The van der Waals surface area contributed by atoms with Crippen LogP contribution in [0, 0.1) is 5.92 Å². The summed E-state index contributed by atoms with van der Waals surface area (Å²) in [5, 5.41) is 0. The van der Waals surface area contributed by atoms with Crippen LogP contribution >= 0.6 is 0 Å². The normalized spacial score (nSPS) is 20.4. The maximum absolute atomic E-state index is 13.6. The Hall–Kier alpha value is -2.54. The third-order valence-electron chi connectivity index (χ3n) is 6.66. The van der Waals surface area contributed by atoms with Gasteiger partial charge in [-0.05, 0) is 70.3 Å². The number of carbonyl (C=O) groups is 1. The quantitative estimate of drug-likeness (QED) is 0.736. The SMILES string of the molecule is CC(C)N1CCC(C(=O)N2CCCC2c2nc(N(C)C)ncc2-c2ccncc2)CC1. The molecule has 1 unspecified atom stereocenters. The van der Waals surface area contributed by atoms with Gasteiger partial charge in [0.1, 0.15) is 0 Å². The lowest BCUT2D eigenvalue weighted by molar-refractivity contribution is -0.138. The van der Waals surface area contributed by atoms with E-state index >= 15 is 0 Å². The highest BCUT2D eigenvalue weighted by atomic mass is 16.2. The highest BCUT2D eigenvalue weighted by molar-refractivity contribution is 5.80. The van der Waals surface area contributed by atoms with Gasteiger partial charge in [-0.15, -0.1) is 0 Å². The van der Waals surface area contributed by atoms with Crippen molar-refractivity contribution in [2.75, 3.05) is 38.6 Å². The zero-order valence-corrected chi connectivity index (χ0v) is 19.2. The Balaban J connectivity index is 1.62. The Morgan fingerprint density at radius 2 is 1.81 bits per heavy atom. The third-order valence-corrected chi connectivity index (χ3v) is 6.66. The molecule has 1 atom stereocenters. The predicted molar refractivity (Wildman–Crippen MR) is 123 cm³/mol. The van der Waals surface area contributed by atoms with Crippen molar-refractivity contribution >= 4 is 11.9 Å². The fraction of sp³-hybridized carbons (Fsp3) is 0.583. The van der Waals surface area contributed by atoms with Crippen molar-refractivity contribution in [1.82, 2.24) is 24.8 Å². The molecule has 31 heavy (non-hydrogen) atoms. The number of hydrogen-bond donors (Lipinski definition) is 0. The van der Waals surface area contributed by atoms with Crippen molar-refractivity contribution in [1.29, 1.82) is 0 Å². The number of nitrogens with zero attached hydrogens (tertiary/aromatic N) is 6. The number of hydrogen-bond acceptors (Lipinski definition) is 6. The summed E-state index contributed by atoms with van der Waals surface area (Å²) in [7, 11) is 3.90. The maximum Gasteiger partial charge on any atom is 0.226 e. The van der Waals surface area contributed by atoms with Gasteiger partial charge < -0.3 is 14.7 Å². The fourth-order valence-corrected chi connectivity index (χ4v) is 4.82. The molecule has 2 aromatic rings. The average Bonchev–Trinajstić information content (AvgIpc) is 3.28. The molecule has 166 valence electrons. The molecule has 0 N–H and O–H groups in total. The maximum atomic E-state index is 13.6. The lowest BCUT2D eigenvalue weighted by Crippen LogP contribution is -2.44. The van der Waals surface area contributed by atoms with E-state index in [4.69, 9.17) is 4.98 Å². The van der Waals surface area contributed by atoms with Gasteiger partial charge >= 0.3 is 0 Å². The van der Waals surface area contributed by atoms with Crippen molar-refractivity contribution in [3.05, 3.63) is 36.4 Å². The first kappa shape index (κ1) is 21.7. The zero-order chi connectivity index (χ0) is 22.0. The number of aromatic nitrogens is 3. The predicted octanol–water partition coefficient (Wildman–Crippen LogP) is 3.39. The van der Waals surface area contributed by atoms with E-state index in [0.29, 0.717) is 17.9 Å². The topological polar surface area (TPSA) is 65.5 Å². The number of amides is 1. The Bertz CT molecular complexity index is 892. The molecular formula is C24H34N6O. The molecular weight excluding hydrogens is 388 g/mol. The summed E-state index contributed by atoms with van der Waals surface area (Å²) in [6.45, 7) is 7.29. The summed E-state index contributed by atoms with van der Waals surface area (Å²) in [5.41, 5.74) is 2.99. The first-order valence-electron chi connectivity index (χ1n) is 11.4. The number of anilines is 1. The van der Waals surface area contributed by atoms with E-state index < -0.39 is 0 Å². The molecule has 0 aliphatic carbocycles. The highest BCUT2D eigenvalue weighted by Crippen LogP contribution is 2.38. The van der Waals surface area contributed by atoms with Crippen molar-refractivity contribution in [3.8, 4) is 11.1 Å². The molecule has 2 aliphatic rings. The number of piperidine rings is 1. The molecule has 2 fully saturated rings. The molecule has 2 saturated heterocycles. The highest BCUT2D eigenvalue weighted by Gasteiger charge is 2.37. The van der Waals surface area contributed by atoms with Crippen molar-refractivity contribution in [2.24, 2.45) is 5.92 Å². The van der Waals surface area contributed by atoms with Gasteiger partial charge in [-0.2, -0.15) is 0 Å². The van der Waals surface area contributed by atoms with Crippen LogP contribution in [0.3, 0.4) is 0 Å². The second-order valence-electron chi connectivity index (χ2n) is 9.19. The average molecular weight is 423 g/mol. The van der Waals surface area contributed by atoms with Crippen LogP contribution in [-0.2, 0) is 4.79 Å². The van der Waals surface area contributed by atoms with Crippen LogP contribution in [0.5, 0.6) is 0 Å². The molecule has 0 bridgehead atoms.